The molecule has 4 heteroatoms. The van der Waals surface area contributed by atoms with Gasteiger partial charge in [0.05, 0.1) is 17.1 Å². The molecule has 310 valence electrons. The average Bonchev–Trinajstić information content (AvgIpc) is 3.37. The van der Waals surface area contributed by atoms with Crippen molar-refractivity contribution in [3.8, 4) is 89.3 Å². The number of carbonyl (C=O) groups is 1. The Morgan fingerprint density at radius 1 is 0.469 bits per heavy atom. The van der Waals surface area contributed by atoms with Gasteiger partial charge in [-0.3, -0.25) is 14.8 Å². The summed E-state index contributed by atoms with van der Waals surface area (Å²) >= 11 is 0. The number of pyridine rings is 2. The molecule has 0 spiro atoms. The summed E-state index contributed by atoms with van der Waals surface area (Å²) in [5.41, 5.74) is 18.0. The minimum atomic E-state index is -0.323. The second-order valence-electron chi connectivity index (χ2n) is 16.2. The van der Waals surface area contributed by atoms with E-state index < -0.39 is 0 Å². The standard InChI is InChI=1S/C60H48N2O2/c1-3-50(63)38-60(64)41(2)34-46-22-10-11-23-51(46)47-35-48(53-25-13-12-24-52(53)43-29-31-45(32-30-43)58-28-16-17-33-61-58)37-49(36-47)54-26-14-15-27-55(54)57-40-62-59(44-20-8-5-9-21-44)39-56(57)42-18-6-4-7-19-42/h4-33,35-41,63H,3,34H2,1-2H3/b50-38-. The van der Waals surface area contributed by atoms with Gasteiger partial charge in [0.25, 0.3) is 0 Å². The van der Waals surface area contributed by atoms with Crippen LogP contribution >= 0.6 is 0 Å². The van der Waals surface area contributed by atoms with Gasteiger partial charge in [0.1, 0.15) is 0 Å². The molecule has 0 aliphatic carbocycles. The fraction of sp³-hybridized carbons (Fsp3) is 0.0833. The summed E-state index contributed by atoms with van der Waals surface area (Å²) in [6, 6.07) is 70.2. The highest BCUT2D eigenvalue weighted by Crippen LogP contribution is 2.43. The van der Waals surface area contributed by atoms with Gasteiger partial charge in [-0.1, -0.05) is 178 Å². The summed E-state index contributed by atoms with van der Waals surface area (Å²) in [7, 11) is 0. The van der Waals surface area contributed by atoms with E-state index in [1.54, 1.807) is 0 Å². The van der Waals surface area contributed by atoms with Crippen molar-refractivity contribution in [2.75, 3.05) is 0 Å². The molecule has 0 radical (unpaired) electrons. The van der Waals surface area contributed by atoms with E-state index in [1.807, 2.05) is 68.7 Å². The van der Waals surface area contributed by atoms with Crippen LogP contribution in [0.4, 0.5) is 0 Å². The zero-order valence-electron chi connectivity index (χ0n) is 36.0. The maximum atomic E-state index is 13.3. The molecular weight excluding hydrogens is 781 g/mol. The van der Waals surface area contributed by atoms with E-state index in [4.69, 9.17) is 4.98 Å². The van der Waals surface area contributed by atoms with Crippen molar-refractivity contribution in [1.29, 1.82) is 0 Å². The van der Waals surface area contributed by atoms with Crippen LogP contribution in [0.25, 0.3) is 89.3 Å². The first-order valence-electron chi connectivity index (χ1n) is 21.9. The summed E-state index contributed by atoms with van der Waals surface area (Å²) in [6.45, 7) is 3.78. The molecule has 0 amide bonds. The van der Waals surface area contributed by atoms with Crippen LogP contribution in [-0.2, 0) is 11.2 Å². The number of aromatic nitrogens is 2. The van der Waals surface area contributed by atoms with Crippen molar-refractivity contribution in [2.45, 2.75) is 26.7 Å². The fourth-order valence-corrected chi connectivity index (χ4v) is 8.52. The van der Waals surface area contributed by atoms with Crippen LogP contribution in [0.2, 0.25) is 0 Å². The van der Waals surface area contributed by atoms with Crippen molar-refractivity contribution in [1.82, 2.24) is 9.97 Å². The van der Waals surface area contributed by atoms with Gasteiger partial charge < -0.3 is 5.11 Å². The van der Waals surface area contributed by atoms with Crippen molar-refractivity contribution in [3.05, 3.63) is 230 Å². The minimum Gasteiger partial charge on any atom is -0.512 e. The lowest BCUT2D eigenvalue weighted by Gasteiger charge is -2.19. The summed E-state index contributed by atoms with van der Waals surface area (Å²) in [4.78, 5) is 22.9. The SMILES string of the molecule is CC/C(O)=C/C(=O)C(C)Cc1ccccc1-c1cc(-c2ccccc2-c2ccc(-c3ccccn3)cc2)cc(-c2ccccc2-c2cnc(-c3ccccc3)cc2-c2ccccc2)c1. The highest BCUT2D eigenvalue weighted by molar-refractivity contribution is 5.96. The normalized spacial score (nSPS) is 11.9. The number of hydrogen-bond acceptors (Lipinski definition) is 4. The molecule has 1 unspecified atom stereocenters. The van der Waals surface area contributed by atoms with Crippen LogP contribution in [0.3, 0.4) is 0 Å². The van der Waals surface area contributed by atoms with Crippen molar-refractivity contribution >= 4 is 5.78 Å². The van der Waals surface area contributed by atoms with E-state index in [0.29, 0.717) is 12.8 Å². The predicted molar refractivity (Wildman–Crippen MR) is 264 cm³/mol. The quantitative estimate of drug-likeness (QED) is 0.0929. The van der Waals surface area contributed by atoms with Crippen LogP contribution in [0.15, 0.2) is 224 Å². The fourth-order valence-electron chi connectivity index (χ4n) is 8.52. The van der Waals surface area contributed by atoms with Gasteiger partial charge in [-0.15, -0.1) is 0 Å². The summed E-state index contributed by atoms with van der Waals surface area (Å²) < 4.78 is 0. The number of aliphatic hydroxyl groups is 1. The molecule has 0 saturated carbocycles. The number of hydrogen-bond donors (Lipinski definition) is 1. The number of rotatable bonds is 13. The molecule has 7 aromatic carbocycles. The van der Waals surface area contributed by atoms with E-state index in [9.17, 15) is 9.90 Å². The number of allylic oxidation sites excluding steroid dienone is 2. The Bertz CT molecular complexity index is 3080. The van der Waals surface area contributed by atoms with E-state index in [0.717, 1.165) is 94.8 Å². The van der Waals surface area contributed by atoms with Gasteiger partial charge in [0, 0.05) is 47.5 Å². The third-order valence-corrected chi connectivity index (χ3v) is 11.9. The molecule has 1 atom stereocenters. The summed E-state index contributed by atoms with van der Waals surface area (Å²) in [6.07, 6.45) is 6.18. The van der Waals surface area contributed by atoms with Gasteiger partial charge in [-0.2, -0.15) is 0 Å². The molecule has 64 heavy (non-hydrogen) atoms. The van der Waals surface area contributed by atoms with Gasteiger partial charge in [0.2, 0.25) is 0 Å². The molecule has 1 N–H and O–H groups in total. The van der Waals surface area contributed by atoms with Crippen LogP contribution in [-0.4, -0.2) is 20.9 Å². The van der Waals surface area contributed by atoms with Gasteiger partial charge >= 0.3 is 0 Å². The number of nitrogens with zero attached hydrogens (tertiary/aromatic N) is 2. The molecule has 2 aromatic heterocycles. The zero-order chi connectivity index (χ0) is 43.8. The summed E-state index contributed by atoms with van der Waals surface area (Å²) in [5, 5.41) is 10.2. The summed E-state index contributed by atoms with van der Waals surface area (Å²) in [5.74, 6) is -0.302. The number of benzene rings is 7. The lowest BCUT2D eigenvalue weighted by molar-refractivity contribution is -0.117. The number of aliphatic hydroxyl groups excluding tert-OH is 1. The van der Waals surface area contributed by atoms with Crippen LogP contribution in [0.5, 0.6) is 0 Å². The topological polar surface area (TPSA) is 63.1 Å². The zero-order valence-corrected chi connectivity index (χ0v) is 36.0. The van der Waals surface area contributed by atoms with E-state index in [2.05, 4.69) is 163 Å². The van der Waals surface area contributed by atoms with Crippen molar-refractivity contribution < 1.29 is 9.90 Å². The van der Waals surface area contributed by atoms with Crippen LogP contribution in [0, 0.1) is 5.92 Å². The Morgan fingerprint density at radius 2 is 0.953 bits per heavy atom. The number of ketones is 1. The molecule has 0 aliphatic rings. The van der Waals surface area contributed by atoms with Crippen LogP contribution in [0.1, 0.15) is 25.8 Å². The Kier molecular flexibility index (Phi) is 12.3. The molecule has 0 fully saturated rings. The lowest BCUT2D eigenvalue weighted by atomic mass is 9.85. The first kappa shape index (κ1) is 41.4. The first-order valence-corrected chi connectivity index (χ1v) is 21.9. The maximum Gasteiger partial charge on any atom is 0.162 e. The van der Waals surface area contributed by atoms with Gasteiger partial charge in [-0.25, -0.2) is 0 Å². The Morgan fingerprint density at radius 3 is 1.58 bits per heavy atom. The van der Waals surface area contributed by atoms with Gasteiger partial charge in [-0.05, 0) is 110 Å². The van der Waals surface area contributed by atoms with E-state index >= 15 is 0 Å². The van der Waals surface area contributed by atoms with Crippen molar-refractivity contribution in [3.63, 3.8) is 0 Å². The molecule has 0 saturated heterocycles. The molecule has 0 bridgehead atoms. The molecular formula is C60H48N2O2. The molecule has 0 aliphatic heterocycles. The first-order chi connectivity index (χ1) is 31.4. The predicted octanol–water partition coefficient (Wildman–Crippen LogP) is 15.4. The van der Waals surface area contributed by atoms with Crippen LogP contribution < -0.4 is 0 Å². The largest absolute Gasteiger partial charge is 0.512 e. The molecule has 2 heterocycles. The van der Waals surface area contributed by atoms with E-state index in [-0.39, 0.29) is 17.5 Å². The Hall–Kier alpha value is -7.95. The monoisotopic (exact) mass is 828 g/mol. The maximum absolute atomic E-state index is 13.3. The Labute approximate surface area is 376 Å². The number of carbonyl (C=O) groups excluding carboxylic acids is 1. The molecule has 9 aromatic rings. The highest BCUT2D eigenvalue weighted by atomic mass is 16.3. The molecule has 9 rings (SSSR count). The third-order valence-electron chi connectivity index (χ3n) is 11.9. The highest BCUT2D eigenvalue weighted by Gasteiger charge is 2.20. The Balaban J connectivity index is 1.22. The second kappa shape index (κ2) is 19.0. The van der Waals surface area contributed by atoms with Crippen molar-refractivity contribution in [2.24, 2.45) is 5.92 Å². The second-order valence-corrected chi connectivity index (χ2v) is 16.2. The lowest BCUT2D eigenvalue weighted by Crippen LogP contribution is -2.12. The van der Waals surface area contributed by atoms with Gasteiger partial charge in [0.15, 0.2) is 5.78 Å². The van der Waals surface area contributed by atoms with E-state index in [1.165, 1.54) is 6.08 Å². The smallest absolute Gasteiger partial charge is 0.162 e. The minimum absolute atomic E-state index is 0.0818. The third kappa shape index (κ3) is 8.99. The molecule has 4 nitrogen and oxygen atoms in total. The average molecular weight is 829 g/mol.